The van der Waals surface area contributed by atoms with Crippen LogP contribution >= 0.6 is 0 Å². The van der Waals surface area contributed by atoms with Crippen LogP contribution in [-0.2, 0) is 0 Å². The van der Waals surface area contributed by atoms with Gasteiger partial charge in [-0.05, 0) is 56.0 Å². The molecule has 5 nitrogen and oxygen atoms in total. The highest BCUT2D eigenvalue weighted by atomic mass is 16.1. The number of nitrogens with one attached hydrogen (secondary N) is 1. The van der Waals surface area contributed by atoms with E-state index in [1.165, 1.54) is 16.8 Å². The molecule has 1 saturated heterocycles. The Morgan fingerprint density at radius 2 is 1.77 bits per heavy atom. The van der Waals surface area contributed by atoms with Crippen LogP contribution in [0.15, 0.2) is 36.5 Å². The minimum Gasteiger partial charge on any atom is -0.368 e. The lowest BCUT2D eigenvalue weighted by Gasteiger charge is -2.37. The van der Waals surface area contributed by atoms with Crippen molar-refractivity contribution in [2.45, 2.75) is 32.7 Å². The number of nitrogens with zero attached hydrogens (tertiary/aromatic N) is 3. The molecule has 2 aliphatic rings. The molecule has 1 aromatic heterocycles. The third-order valence-corrected chi connectivity index (χ3v) is 5.44. The lowest BCUT2D eigenvalue weighted by Crippen LogP contribution is -2.47. The number of hydrogen-bond donors (Lipinski definition) is 1. The minimum absolute atomic E-state index is 0.00806. The molecule has 1 aliphatic carbocycles. The second kappa shape index (κ2) is 6.98. The summed E-state index contributed by atoms with van der Waals surface area (Å²) in [7, 11) is 0. The van der Waals surface area contributed by atoms with Crippen LogP contribution in [0.4, 0.5) is 11.5 Å². The summed E-state index contributed by atoms with van der Waals surface area (Å²) in [5, 5.41) is 3.00. The maximum atomic E-state index is 12.1. The van der Waals surface area contributed by atoms with E-state index < -0.39 is 0 Å². The molecule has 2 aromatic rings. The molecule has 136 valence electrons. The average Bonchev–Trinajstić information content (AvgIpc) is 3.48. The van der Waals surface area contributed by atoms with Gasteiger partial charge in [-0.1, -0.05) is 12.1 Å². The number of carbonyl (C=O) groups is 1. The van der Waals surface area contributed by atoms with E-state index in [0.29, 0.717) is 11.6 Å². The van der Waals surface area contributed by atoms with Crippen LogP contribution in [0, 0.1) is 13.8 Å². The molecule has 0 spiro atoms. The van der Waals surface area contributed by atoms with Crippen LogP contribution in [0.25, 0.3) is 0 Å². The van der Waals surface area contributed by atoms with Gasteiger partial charge < -0.3 is 15.1 Å². The zero-order chi connectivity index (χ0) is 18.1. The van der Waals surface area contributed by atoms with Gasteiger partial charge in [-0.2, -0.15) is 0 Å². The second-order valence-corrected chi connectivity index (χ2v) is 7.35. The quantitative estimate of drug-likeness (QED) is 0.921. The van der Waals surface area contributed by atoms with Gasteiger partial charge >= 0.3 is 0 Å². The fraction of sp³-hybridized carbons (Fsp3) is 0.429. The summed E-state index contributed by atoms with van der Waals surface area (Å²) in [6.07, 6.45) is 3.90. The molecular weight excluding hydrogens is 324 g/mol. The Morgan fingerprint density at radius 1 is 1.04 bits per heavy atom. The topological polar surface area (TPSA) is 48.5 Å². The van der Waals surface area contributed by atoms with Gasteiger partial charge in [0, 0.05) is 44.1 Å². The van der Waals surface area contributed by atoms with E-state index >= 15 is 0 Å². The number of rotatable bonds is 4. The van der Waals surface area contributed by atoms with E-state index in [2.05, 4.69) is 52.1 Å². The van der Waals surface area contributed by atoms with E-state index in [0.717, 1.165) is 44.8 Å². The number of anilines is 2. The number of piperazine rings is 1. The summed E-state index contributed by atoms with van der Waals surface area (Å²) in [4.78, 5) is 21.3. The summed E-state index contributed by atoms with van der Waals surface area (Å²) in [5.41, 5.74) is 4.69. The van der Waals surface area contributed by atoms with Gasteiger partial charge in [0.15, 0.2) is 0 Å². The highest BCUT2D eigenvalue weighted by molar-refractivity contribution is 5.94. The van der Waals surface area contributed by atoms with Crippen LogP contribution in [0.1, 0.15) is 34.3 Å². The molecule has 1 aromatic carbocycles. The lowest BCUT2D eigenvalue weighted by molar-refractivity contribution is 0.0950. The smallest absolute Gasteiger partial charge is 0.253 e. The summed E-state index contributed by atoms with van der Waals surface area (Å²) >= 11 is 0. The largest absolute Gasteiger partial charge is 0.368 e. The van der Waals surface area contributed by atoms with Crippen molar-refractivity contribution < 1.29 is 4.79 Å². The molecule has 0 bridgehead atoms. The van der Waals surface area contributed by atoms with Crippen LogP contribution in [0.3, 0.4) is 0 Å². The Balaban J connectivity index is 1.38. The molecule has 0 unspecified atom stereocenters. The number of carbonyl (C=O) groups excluding carboxylic acids is 1. The van der Waals surface area contributed by atoms with Gasteiger partial charge in [-0.3, -0.25) is 4.79 Å². The minimum atomic E-state index is -0.00806. The molecule has 0 atom stereocenters. The van der Waals surface area contributed by atoms with Crippen molar-refractivity contribution in [3.63, 3.8) is 0 Å². The Labute approximate surface area is 155 Å². The van der Waals surface area contributed by atoms with Crippen LogP contribution in [0.2, 0.25) is 0 Å². The Morgan fingerprint density at radius 3 is 2.42 bits per heavy atom. The second-order valence-electron chi connectivity index (χ2n) is 7.35. The van der Waals surface area contributed by atoms with Crippen molar-refractivity contribution in [1.82, 2.24) is 10.3 Å². The SMILES string of the molecule is Cc1cccc(N2CCN(c3ccc(C(=O)NC4CC4)cn3)CC2)c1C. The molecule has 26 heavy (non-hydrogen) atoms. The van der Waals surface area contributed by atoms with E-state index in [1.54, 1.807) is 6.20 Å². The fourth-order valence-corrected chi connectivity index (χ4v) is 3.46. The maximum Gasteiger partial charge on any atom is 0.253 e. The summed E-state index contributed by atoms with van der Waals surface area (Å²) in [6, 6.07) is 10.7. The molecule has 5 heteroatoms. The van der Waals surface area contributed by atoms with Crippen molar-refractivity contribution in [1.29, 1.82) is 0 Å². The normalized spacial score (nSPS) is 17.3. The van der Waals surface area contributed by atoms with Crippen molar-refractivity contribution >= 4 is 17.4 Å². The van der Waals surface area contributed by atoms with Gasteiger partial charge in [-0.15, -0.1) is 0 Å². The first-order chi connectivity index (χ1) is 12.6. The van der Waals surface area contributed by atoms with Gasteiger partial charge in [0.2, 0.25) is 0 Å². The molecule has 1 aliphatic heterocycles. The number of pyridine rings is 1. The first-order valence-electron chi connectivity index (χ1n) is 9.45. The number of amides is 1. The van der Waals surface area contributed by atoms with Gasteiger partial charge in [0.05, 0.1) is 5.56 Å². The van der Waals surface area contributed by atoms with E-state index in [-0.39, 0.29) is 5.91 Å². The molecule has 2 heterocycles. The monoisotopic (exact) mass is 350 g/mol. The summed E-state index contributed by atoms with van der Waals surface area (Å²) in [6.45, 7) is 8.21. The van der Waals surface area contributed by atoms with Crippen molar-refractivity contribution in [3.8, 4) is 0 Å². The van der Waals surface area contributed by atoms with Gasteiger partial charge in [-0.25, -0.2) is 4.98 Å². The van der Waals surface area contributed by atoms with Crippen molar-refractivity contribution in [2.24, 2.45) is 0 Å². The molecule has 1 amide bonds. The first kappa shape index (κ1) is 16.9. The predicted octanol–water partition coefficient (Wildman–Crippen LogP) is 2.92. The van der Waals surface area contributed by atoms with Crippen LogP contribution in [0.5, 0.6) is 0 Å². The number of hydrogen-bond acceptors (Lipinski definition) is 4. The summed E-state index contributed by atoms with van der Waals surface area (Å²) < 4.78 is 0. The lowest BCUT2D eigenvalue weighted by atomic mass is 10.1. The van der Waals surface area contributed by atoms with E-state index in [9.17, 15) is 4.79 Å². The molecule has 2 fully saturated rings. The summed E-state index contributed by atoms with van der Waals surface area (Å²) in [5.74, 6) is 0.944. The highest BCUT2D eigenvalue weighted by Crippen LogP contribution is 2.25. The number of aryl methyl sites for hydroxylation is 1. The number of benzene rings is 1. The van der Waals surface area contributed by atoms with Crippen LogP contribution < -0.4 is 15.1 Å². The zero-order valence-electron chi connectivity index (χ0n) is 15.5. The maximum absolute atomic E-state index is 12.1. The van der Waals surface area contributed by atoms with Crippen LogP contribution in [-0.4, -0.2) is 43.1 Å². The molecule has 1 saturated carbocycles. The first-order valence-corrected chi connectivity index (χ1v) is 9.45. The van der Waals surface area contributed by atoms with Crippen molar-refractivity contribution in [3.05, 3.63) is 53.2 Å². The molecular formula is C21H26N4O. The third-order valence-electron chi connectivity index (χ3n) is 5.44. The van der Waals surface area contributed by atoms with E-state index in [4.69, 9.17) is 0 Å². The molecule has 0 radical (unpaired) electrons. The van der Waals surface area contributed by atoms with Gasteiger partial charge in [0.1, 0.15) is 5.82 Å². The standard InChI is InChI=1S/C21H26N4O/c1-15-4-3-5-19(16(15)2)24-10-12-25(13-11-24)20-9-6-17(14-22-20)21(26)23-18-7-8-18/h3-6,9,14,18H,7-8,10-13H2,1-2H3,(H,23,26). The number of aromatic nitrogens is 1. The molecule has 4 rings (SSSR count). The zero-order valence-corrected chi connectivity index (χ0v) is 15.5. The third kappa shape index (κ3) is 3.52. The van der Waals surface area contributed by atoms with E-state index in [1.807, 2.05) is 12.1 Å². The molecule has 1 N–H and O–H groups in total. The van der Waals surface area contributed by atoms with Gasteiger partial charge in [0.25, 0.3) is 5.91 Å². The predicted molar refractivity (Wildman–Crippen MR) is 105 cm³/mol. The average molecular weight is 350 g/mol. The van der Waals surface area contributed by atoms with Crippen molar-refractivity contribution in [2.75, 3.05) is 36.0 Å². The highest BCUT2D eigenvalue weighted by Gasteiger charge is 2.24. The Bertz CT molecular complexity index is 790. The Kier molecular flexibility index (Phi) is 4.53. The Hall–Kier alpha value is -2.56. The fourth-order valence-electron chi connectivity index (χ4n) is 3.46.